The third kappa shape index (κ3) is 43.0. The van der Waals surface area contributed by atoms with Crippen LogP contribution in [0.15, 0.2) is 0 Å². The van der Waals surface area contributed by atoms with Gasteiger partial charge in [-0.15, -0.1) is 0 Å². The van der Waals surface area contributed by atoms with Crippen LogP contribution in [-0.2, 0) is 17.1 Å². The van der Waals surface area contributed by atoms with Gasteiger partial charge in [-0.25, -0.2) is 0 Å². The Morgan fingerprint density at radius 2 is 1.17 bits per heavy atom. The predicted octanol–water partition coefficient (Wildman–Crippen LogP) is -2.21. The average Bonchev–Trinajstić information content (AvgIpc) is 0.811. The van der Waals surface area contributed by atoms with E-state index in [9.17, 15) is 0 Å². The third-order valence-corrected chi connectivity index (χ3v) is 0. The molecule has 0 amide bonds. The van der Waals surface area contributed by atoms with Crippen molar-refractivity contribution in [2.75, 3.05) is 0 Å². The quantitative estimate of drug-likeness (QED) is 0.352. The van der Waals surface area contributed by atoms with Crippen molar-refractivity contribution in [2.24, 2.45) is 0 Å². The molecular weight excluding hydrogens is 155 g/mol. The van der Waals surface area contributed by atoms with Crippen molar-refractivity contribution in [3.8, 4) is 0 Å². The maximum Gasteiger partial charge on any atom is 2.00 e. The topological polar surface area (TPSA) is 60.7 Å². The van der Waals surface area contributed by atoms with Gasteiger partial charge < -0.3 is 17.9 Å². The van der Waals surface area contributed by atoms with Crippen molar-refractivity contribution in [1.29, 1.82) is 0 Å². The molecule has 3 nitrogen and oxygen atoms in total. The normalized spacial score (nSPS) is 4.50. The molecule has 0 aromatic rings. The van der Waals surface area contributed by atoms with Crippen LogP contribution in [0.25, 0.3) is 0 Å². The summed E-state index contributed by atoms with van der Waals surface area (Å²) in [5, 5.41) is 21.5. The summed E-state index contributed by atoms with van der Waals surface area (Å²) in [6.45, 7) is 0. The predicted molar refractivity (Wildman–Crippen MR) is 20.4 cm³/mol. The van der Waals surface area contributed by atoms with E-state index in [0.717, 1.165) is 0 Å². The smallest absolute Gasteiger partial charge is 1.00 e. The van der Waals surface area contributed by atoms with E-state index in [2.05, 4.69) is 0 Å². The molecule has 0 heterocycles. The van der Waals surface area contributed by atoms with Crippen LogP contribution in [0.5, 0.6) is 0 Å². The fourth-order valence-electron chi connectivity index (χ4n) is 0. The largest absolute Gasteiger partial charge is 2.00 e. The zero-order valence-electron chi connectivity index (χ0n) is 4.98. The van der Waals surface area contributed by atoms with Crippen LogP contribution in [0.3, 0.4) is 0 Å². The van der Waals surface area contributed by atoms with Gasteiger partial charge >= 0.3 is 45.1 Å². The van der Waals surface area contributed by atoms with E-state index in [1.807, 2.05) is 0 Å². The monoisotopic (exact) mass is 160 g/mol. The Morgan fingerprint density at radius 3 is 1.17 bits per heavy atom. The summed E-state index contributed by atoms with van der Waals surface area (Å²) in [7, 11) is -2.17. The van der Waals surface area contributed by atoms with Crippen LogP contribution in [-0.4, -0.2) is 60.1 Å². The van der Waals surface area contributed by atoms with Gasteiger partial charge in [-0.3, -0.25) is 0 Å². The van der Waals surface area contributed by atoms with Crippen LogP contribution in [0.2, 0.25) is 0 Å². The molecule has 0 aromatic heterocycles. The van der Waals surface area contributed by atoms with Gasteiger partial charge in [-0.1, -0.05) is 0 Å². The van der Waals surface area contributed by atoms with Crippen molar-refractivity contribution in [3.05, 3.63) is 0 Å². The van der Waals surface area contributed by atoms with E-state index >= 15 is 0 Å². The third-order valence-electron chi connectivity index (χ3n) is 0. The molecule has 36 valence electrons. The molecule has 0 bridgehead atoms. The van der Waals surface area contributed by atoms with Crippen LogP contribution in [0.1, 0.15) is 2.85 Å². The Balaban J connectivity index is -0.00000000750. The van der Waals surface area contributed by atoms with E-state index in [1.54, 1.807) is 0 Å². The summed E-state index contributed by atoms with van der Waals surface area (Å²) < 4.78 is 0. The molecule has 3 N–H and O–H groups in total. The molecule has 0 aliphatic heterocycles. The van der Waals surface area contributed by atoms with E-state index in [4.69, 9.17) is 15.1 Å². The van der Waals surface area contributed by atoms with Crippen molar-refractivity contribution in [3.63, 3.8) is 0 Å². The molecule has 0 spiro atoms. The van der Waals surface area contributed by atoms with Gasteiger partial charge in [0.2, 0.25) is 0 Å². The van der Waals surface area contributed by atoms with Gasteiger partial charge in [-0.2, -0.15) is 0 Å². The fourth-order valence-corrected chi connectivity index (χ4v) is 0. The molecule has 0 aliphatic rings. The standard InChI is InChI=1S/BH3O3.Ca.Fe.2H/c2-1(3)4;;;;/h2-4H;;;;/q;+2;;2*-1. The second-order valence-corrected chi connectivity index (χ2v) is 0.346. The molecule has 6 heteroatoms. The van der Waals surface area contributed by atoms with Gasteiger partial charge in [0.1, 0.15) is 0 Å². The molecule has 0 fully saturated rings. The molecular formula is H5BCaFeO3. The van der Waals surface area contributed by atoms with E-state index in [1.165, 1.54) is 0 Å². The van der Waals surface area contributed by atoms with E-state index in [0.29, 0.717) is 0 Å². The molecule has 0 radical (unpaired) electrons. The number of hydrogen-bond donors (Lipinski definition) is 3. The van der Waals surface area contributed by atoms with Crippen LogP contribution < -0.4 is 0 Å². The van der Waals surface area contributed by atoms with E-state index in [-0.39, 0.29) is 57.7 Å². The van der Waals surface area contributed by atoms with Crippen LogP contribution >= 0.6 is 0 Å². The van der Waals surface area contributed by atoms with Crippen molar-refractivity contribution in [2.45, 2.75) is 0 Å². The molecule has 0 saturated carbocycles. The Hall–Kier alpha value is 1.72. The summed E-state index contributed by atoms with van der Waals surface area (Å²) in [5.41, 5.74) is 0. The summed E-state index contributed by atoms with van der Waals surface area (Å²) in [6.07, 6.45) is 0. The molecule has 0 rings (SSSR count). The molecule has 0 atom stereocenters. The van der Waals surface area contributed by atoms with Crippen molar-refractivity contribution >= 4 is 45.1 Å². The summed E-state index contributed by atoms with van der Waals surface area (Å²) >= 11 is 0. The minimum absolute atomic E-state index is 0. The molecule has 0 unspecified atom stereocenters. The van der Waals surface area contributed by atoms with Gasteiger partial charge in [0.05, 0.1) is 0 Å². The first kappa shape index (κ1) is 15.6. The molecule has 0 saturated heterocycles. The Labute approximate surface area is 79.4 Å². The first-order valence-corrected chi connectivity index (χ1v) is 0.775. The van der Waals surface area contributed by atoms with Gasteiger partial charge in [0.25, 0.3) is 0 Å². The van der Waals surface area contributed by atoms with Crippen molar-refractivity contribution < 1.29 is 35.0 Å². The molecule has 6 heavy (non-hydrogen) atoms. The van der Waals surface area contributed by atoms with Gasteiger partial charge in [-0.05, 0) is 0 Å². The maximum atomic E-state index is 7.17. The zero-order valence-corrected chi connectivity index (χ0v) is 6.29. The molecule has 0 aliphatic carbocycles. The number of rotatable bonds is 0. The zero-order chi connectivity index (χ0) is 3.58. The Morgan fingerprint density at radius 1 is 1.17 bits per heavy atom. The average molecular weight is 160 g/mol. The summed E-state index contributed by atoms with van der Waals surface area (Å²) in [6, 6.07) is 0. The van der Waals surface area contributed by atoms with Gasteiger partial charge in [0.15, 0.2) is 0 Å². The summed E-state index contributed by atoms with van der Waals surface area (Å²) in [4.78, 5) is 0. The fraction of sp³-hybridized carbons (Fsp3) is 0. The van der Waals surface area contributed by atoms with E-state index < -0.39 is 7.32 Å². The number of hydrogen-bond acceptors (Lipinski definition) is 3. The Bertz CT molecular complexity index is 22.0. The second kappa shape index (κ2) is 9.87. The van der Waals surface area contributed by atoms with Crippen LogP contribution in [0, 0.1) is 0 Å². The molecule has 0 aromatic carbocycles. The van der Waals surface area contributed by atoms with Crippen molar-refractivity contribution in [1.82, 2.24) is 0 Å². The minimum Gasteiger partial charge on any atom is -1.00 e. The van der Waals surface area contributed by atoms with Crippen LogP contribution in [0.4, 0.5) is 0 Å². The van der Waals surface area contributed by atoms with Gasteiger partial charge in [0, 0.05) is 17.1 Å². The summed E-state index contributed by atoms with van der Waals surface area (Å²) in [5.74, 6) is 0. The second-order valence-electron chi connectivity index (χ2n) is 0.346. The first-order valence-electron chi connectivity index (χ1n) is 0.775. The first-order chi connectivity index (χ1) is 1.73. The minimum atomic E-state index is -2.17. The maximum absolute atomic E-state index is 7.17. The SMILES string of the molecule is OB(O)O.[Ca+2].[Fe].[H-].[H-]. The Kier molecular flexibility index (Phi) is 25.7.